The minimum Gasteiger partial charge on any atom is -0.276 e. The quantitative estimate of drug-likeness (QED) is 0.539. The van der Waals surface area contributed by atoms with E-state index in [1.165, 1.54) is 18.3 Å². The first-order chi connectivity index (χ1) is 13.5. The van der Waals surface area contributed by atoms with Crippen LogP contribution in [0.5, 0.6) is 0 Å². The van der Waals surface area contributed by atoms with Crippen LogP contribution in [0.4, 0.5) is 16.2 Å². The third-order valence-electron chi connectivity index (χ3n) is 4.42. The molecule has 138 valence electrons. The summed E-state index contributed by atoms with van der Waals surface area (Å²) in [6.45, 7) is 0. The molecule has 3 aromatic rings. The van der Waals surface area contributed by atoms with Crippen LogP contribution in [0.3, 0.4) is 0 Å². The van der Waals surface area contributed by atoms with Gasteiger partial charge in [-0.05, 0) is 35.7 Å². The molecule has 0 unspecified atom stereocenters. The van der Waals surface area contributed by atoms with Crippen molar-refractivity contribution in [3.8, 4) is 0 Å². The Hall–Kier alpha value is -3.51. The Balaban J connectivity index is 1.67. The number of carbonyl (C=O) groups is 3. The number of imide groups is 2. The van der Waals surface area contributed by atoms with E-state index in [9.17, 15) is 14.4 Å². The molecule has 0 aromatic heterocycles. The first-order valence-corrected chi connectivity index (χ1v) is 8.89. The van der Waals surface area contributed by atoms with Crippen molar-refractivity contribution in [3.05, 3.63) is 71.8 Å². The first-order valence-electron chi connectivity index (χ1n) is 8.51. The Kier molecular flexibility index (Phi) is 4.63. The predicted molar refractivity (Wildman–Crippen MR) is 108 cm³/mol. The summed E-state index contributed by atoms with van der Waals surface area (Å²) in [4.78, 5) is 42.5. The maximum atomic E-state index is 12.8. The molecule has 0 spiro atoms. The summed E-state index contributed by atoms with van der Waals surface area (Å²) in [6, 6.07) is 18.7. The van der Waals surface area contributed by atoms with E-state index in [1.54, 1.807) is 18.2 Å². The Morgan fingerprint density at radius 2 is 1.64 bits per heavy atom. The Morgan fingerprint density at radius 3 is 2.43 bits per heavy atom. The van der Waals surface area contributed by atoms with E-state index in [0.29, 0.717) is 16.4 Å². The second-order valence-corrected chi connectivity index (χ2v) is 6.64. The van der Waals surface area contributed by atoms with E-state index >= 15 is 0 Å². The molecule has 1 aliphatic heterocycles. The minimum atomic E-state index is -1.22. The normalized spacial score (nSPS) is 17.4. The highest BCUT2D eigenvalue weighted by atomic mass is 35.5. The van der Waals surface area contributed by atoms with Crippen LogP contribution in [0.25, 0.3) is 10.8 Å². The van der Waals surface area contributed by atoms with Gasteiger partial charge in [-0.2, -0.15) is 0 Å². The molecule has 0 aliphatic carbocycles. The second-order valence-electron chi connectivity index (χ2n) is 6.20. The molecule has 4 rings (SSSR count). The third-order valence-corrected chi connectivity index (χ3v) is 4.67. The summed E-state index contributed by atoms with van der Waals surface area (Å²) < 4.78 is 0. The maximum Gasteiger partial charge on any atom is 0.335 e. The molecule has 1 fully saturated rings. The number of hydrogen-bond donors (Lipinski definition) is 1. The van der Waals surface area contributed by atoms with Gasteiger partial charge in [-0.1, -0.05) is 48.0 Å². The SMILES string of the molecule is O=C1NC(=O)N(c2ccc(Cl)cc2)C(=O)[C@@H]1C=Nc1cccc2ccccc12. The zero-order valence-electron chi connectivity index (χ0n) is 14.5. The summed E-state index contributed by atoms with van der Waals surface area (Å²) in [5.74, 6) is -2.59. The summed E-state index contributed by atoms with van der Waals surface area (Å²) in [5.41, 5.74) is 0.955. The third kappa shape index (κ3) is 3.25. The van der Waals surface area contributed by atoms with Crippen LogP contribution in [0.2, 0.25) is 5.02 Å². The lowest BCUT2D eigenvalue weighted by Crippen LogP contribution is -2.58. The monoisotopic (exact) mass is 391 g/mol. The van der Waals surface area contributed by atoms with Gasteiger partial charge in [0.25, 0.3) is 5.91 Å². The van der Waals surface area contributed by atoms with Gasteiger partial charge >= 0.3 is 6.03 Å². The van der Waals surface area contributed by atoms with E-state index in [0.717, 1.165) is 15.7 Å². The molecule has 7 heteroatoms. The molecule has 1 N–H and O–H groups in total. The molecule has 1 saturated heterocycles. The molecule has 3 aromatic carbocycles. The zero-order valence-corrected chi connectivity index (χ0v) is 15.3. The van der Waals surface area contributed by atoms with Gasteiger partial charge in [0.2, 0.25) is 5.91 Å². The highest BCUT2D eigenvalue weighted by Crippen LogP contribution is 2.26. The number of rotatable bonds is 3. The van der Waals surface area contributed by atoms with Crippen LogP contribution in [0, 0.1) is 5.92 Å². The van der Waals surface area contributed by atoms with Crippen molar-refractivity contribution in [1.29, 1.82) is 0 Å². The van der Waals surface area contributed by atoms with Crippen LogP contribution in [-0.2, 0) is 9.59 Å². The zero-order chi connectivity index (χ0) is 19.7. The number of barbiturate groups is 1. The van der Waals surface area contributed by atoms with Gasteiger partial charge in [0.05, 0.1) is 11.4 Å². The van der Waals surface area contributed by atoms with Crippen molar-refractivity contribution in [2.24, 2.45) is 10.9 Å². The van der Waals surface area contributed by atoms with Crippen LogP contribution in [-0.4, -0.2) is 24.1 Å². The van der Waals surface area contributed by atoms with Gasteiger partial charge in [-0.3, -0.25) is 19.9 Å². The molecule has 6 nitrogen and oxygen atoms in total. The van der Waals surface area contributed by atoms with Gasteiger partial charge in [-0.15, -0.1) is 0 Å². The van der Waals surface area contributed by atoms with Crippen LogP contribution < -0.4 is 10.2 Å². The van der Waals surface area contributed by atoms with Crippen molar-refractivity contribution in [2.45, 2.75) is 0 Å². The summed E-state index contributed by atoms with van der Waals surface area (Å²) in [6.07, 6.45) is 1.27. The number of nitrogens with one attached hydrogen (secondary N) is 1. The topological polar surface area (TPSA) is 78.8 Å². The first kappa shape index (κ1) is 17.9. The van der Waals surface area contributed by atoms with Crippen molar-refractivity contribution in [3.63, 3.8) is 0 Å². The van der Waals surface area contributed by atoms with E-state index in [1.807, 2.05) is 36.4 Å². The van der Waals surface area contributed by atoms with Gasteiger partial charge < -0.3 is 0 Å². The number of urea groups is 1. The fraction of sp³-hybridized carbons (Fsp3) is 0.0476. The number of nitrogens with zero attached hydrogens (tertiary/aromatic N) is 2. The van der Waals surface area contributed by atoms with Gasteiger partial charge in [0.15, 0.2) is 5.92 Å². The number of fused-ring (bicyclic) bond motifs is 1. The summed E-state index contributed by atoms with van der Waals surface area (Å²) >= 11 is 5.86. The molecule has 0 saturated carbocycles. The molecule has 1 atom stereocenters. The molecule has 1 aliphatic rings. The number of aliphatic imine (C=N–C) groups is 1. The highest BCUT2D eigenvalue weighted by molar-refractivity contribution is 6.33. The molecule has 0 bridgehead atoms. The summed E-state index contributed by atoms with van der Waals surface area (Å²) in [5, 5.41) is 4.56. The second kappa shape index (κ2) is 7.25. The number of carbonyl (C=O) groups excluding carboxylic acids is 3. The highest BCUT2D eigenvalue weighted by Gasteiger charge is 2.40. The lowest BCUT2D eigenvalue weighted by atomic mass is 10.1. The number of hydrogen-bond acceptors (Lipinski definition) is 4. The van der Waals surface area contributed by atoms with Crippen LogP contribution in [0.15, 0.2) is 71.7 Å². The fourth-order valence-electron chi connectivity index (χ4n) is 3.03. The maximum absolute atomic E-state index is 12.8. The smallest absolute Gasteiger partial charge is 0.276 e. The van der Waals surface area contributed by atoms with E-state index < -0.39 is 23.8 Å². The Bertz CT molecular complexity index is 1120. The van der Waals surface area contributed by atoms with E-state index in [-0.39, 0.29) is 0 Å². The number of anilines is 1. The number of amides is 4. The Labute approximate surface area is 165 Å². The van der Waals surface area contributed by atoms with Gasteiger partial charge in [0, 0.05) is 16.6 Å². The number of benzene rings is 3. The average molecular weight is 392 g/mol. The molecular formula is C21H14ClN3O3. The van der Waals surface area contributed by atoms with Crippen molar-refractivity contribution < 1.29 is 14.4 Å². The summed E-state index contributed by atoms with van der Waals surface area (Å²) in [7, 11) is 0. The lowest BCUT2D eigenvalue weighted by molar-refractivity contribution is -0.131. The van der Waals surface area contributed by atoms with Crippen molar-refractivity contribution in [2.75, 3.05) is 4.90 Å². The van der Waals surface area contributed by atoms with Crippen LogP contribution in [0.1, 0.15) is 0 Å². The van der Waals surface area contributed by atoms with Gasteiger partial charge in [0.1, 0.15) is 0 Å². The molecule has 1 heterocycles. The Morgan fingerprint density at radius 1 is 0.929 bits per heavy atom. The largest absolute Gasteiger partial charge is 0.335 e. The van der Waals surface area contributed by atoms with Crippen molar-refractivity contribution in [1.82, 2.24) is 5.32 Å². The van der Waals surface area contributed by atoms with Gasteiger partial charge in [-0.25, -0.2) is 9.69 Å². The predicted octanol–water partition coefficient (Wildman–Crippen LogP) is 4.09. The molecule has 28 heavy (non-hydrogen) atoms. The minimum absolute atomic E-state index is 0.322. The molecule has 0 radical (unpaired) electrons. The number of halogens is 1. The standard InChI is InChI=1S/C21H14ClN3O3/c22-14-8-10-15(11-9-14)25-20(27)17(19(26)24-21(25)28)12-23-18-7-3-5-13-4-1-2-6-16(13)18/h1-12,17H,(H,24,26,28)/t17-/m1/s1. The lowest BCUT2D eigenvalue weighted by Gasteiger charge is -2.28. The fourth-order valence-corrected chi connectivity index (χ4v) is 3.16. The van der Waals surface area contributed by atoms with Crippen LogP contribution >= 0.6 is 11.6 Å². The molecule has 4 amide bonds. The molecular weight excluding hydrogens is 378 g/mol. The van der Waals surface area contributed by atoms with Crippen molar-refractivity contribution >= 4 is 57.8 Å². The van der Waals surface area contributed by atoms with E-state index in [2.05, 4.69) is 10.3 Å². The average Bonchev–Trinajstić information content (AvgIpc) is 2.69. The van der Waals surface area contributed by atoms with E-state index in [4.69, 9.17) is 11.6 Å².